The molecule has 0 saturated carbocycles. The van der Waals surface area contributed by atoms with Gasteiger partial charge in [0.15, 0.2) is 6.61 Å². The van der Waals surface area contributed by atoms with Gasteiger partial charge in [0.2, 0.25) is 5.88 Å². The van der Waals surface area contributed by atoms with Crippen LogP contribution >= 0.6 is 0 Å². The molecular formula is C24H22F3N7O3. The van der Waals surface area contributed by atoms with Crippen molar-refractivity contribution in [2.75, 3.05) is 19.7 Å². The summed E-state index contributed by atoms with van der Waals surface area (Å²) in [7, 11) is 0. The fourth-order valence-electron chi connectivity index (χ4n) is 3.47. The maximum absolute atomic E-state index is 12.7. The Balaban J connectivity index is 1.37. The molecule has 0 spiro atoms. The van der Waals surface area contributed by atoms with Crippen LogP contribution in [0.15, 0.2) is 55.1 Å². The summed E-state index contributed by atoms with van der Waals surface area (Å²) in [6.07, 6.45) is 1.60. The molecule has 0 aromatic carbocycles. The van der Waals surface area contributed by atoms with E-state index in [2.05, 4.69) is 30.7 Å². The molecule has 2 amide bonds. The number of carbonyl (C=O) groups excluding carboxylic acids is 2. The minimum Gasteiger partial charge on any atom is -0.468 e. The molecule has 4 aromatic rings. The Hall–Kier alpha value is -4.55. The van der Waals surface area contributed by atoms with E-state index in [0.717, 1.165) is 0 Å². The minimum atomic E-state index is -4.45. The van der Waals surface area contributed by atoms with Crippen molar-refractivity contribution in [1.29, 1.82) is 0 Å². The number of alkyl halides is 3. The van der Waals surface area contributed by atoms with E-state index in [1.165, 1.54) is 18.6 Å². The lowest BCUT2D eigenvalue weighted by Crippen LogP contribution is -2.35. The Labute approximate surface area is 208 Å². The normalized spacial score (nSPS) is 11.4. The van der Waals surface area contributed by atoms with Crippen molar-refractivity contribution in [1.82, 2.24) is 35.4 Å². The molecule has 4 aromatic heterocycles. The Morgan fingerprint density at radius 2 is 1.81 bits per heavy atom. The van der Waals surface area contributed by atoms with Gasteiger partial charge < -0.3 is 15.4 Å². The zero-order valence-electron chi connectivity index (χ0n) is 19.6. The predicted octanol–water partition coefficient (Wildman–Crippen LogP) is 2.68. The van der Waals surface area contributed by atoms with Crippen molar-refractivity contribution in [2.24, 2.45) is 0 Å². The van der Waals surface area contributed by atoms with Crippen LogP contribution in [0.2, 0.25) is 0 Å². The molecule has 0 aliphatic rings. The van der Waals surface area contributed by atoms with E-state index < -0.39 is 18.7 Å². The van der Waals surface area contributed by atoms with Gasteiger partial charge in [-0.3, -0.25) is 24.2 Å². The molecule has 0 aliphatic carbocycles. The van der Waals surface area contributed by atoms with Crippen molar-refractivity contribution in [2.45, 2.75) is 19.6 Å². The molecule has 10 nitrogen and oxygen atoms in total. The number of ether oxygens (including phenoxy) is 1. The lowest BCUT2D eigenvalue weighted by atomic mass is 10.2. The number of nitrogens with one attached hydrogen (secondary N) is 2. The molecule has 0 fully saturated rings. The van der Waals surface area contributed by atoms with Gasteiger partial charge in [0.1, 0.15) is 11.4 Å². The number of amides is 2. The summed E-state index contributed by atoms with van der Waals surface area (Å²) in [5.74, 6) is -0.868. The molecular weight excluding hydrogens is 491 g/mol. The van der Waals surface area contributed by atoms with Crippen molar-refractivity contribution in [3.05, 3.63) is 77.6 Å². The van der Waals surface area contributed by atoms with Gasteiger partial charge in [-0.1, -0.05) is 6.07 Å². The Morgan fingerprint density at radius 3 is 2.51 bits per heavy atom. The van der Waals surface area contributed by atoms with Crippen molar-refractivity contribution in [3.8, 4) is 5.88 Å². The largest absolute Gasteiger partial charge is 0.468 e. The molecule has 0 bridgehead atoms. The van der Waals surface area contributed by atoms with Crippen LogP contribution in [0.5, 0.6) is 5.88 Å². The molecule has 0 saturated heterocycles. The molecule has 4 rings (SSSR count). The maximum Gasteiger partial charge on any atom is 0.422 e. The first kappa shape index (κ1) is 25.5. The number of carbonyl (C=O) groups is 2. The van der Waals surface area contributed by atoms with Gasteiger partial charge in [-0.15, -0.1) is 0 Å². The number of aryl methyl sites for hydroxylation is 1. The smallest absolute Gasteiger partial charge is 0.422 e. The van der Waals surface area contributed by atoms with Crippen LogP contribution < -0.4 is 15.4 Å². The Bertz CT molecular complexity index is 1410. The zero-order valence-corrected chi connectivity index (χ0v) is 19.6. The minimum absolute atomic E-state index is 0.0916. The second kappa shape index (κ2) is 11.0. The van der Waals surface area contributed by atoms with Crippen molar-refractivity contribution < 1.29 is 27.5 Å². The standard InChI is InChI=1S/C24H22F3N7O3/c1-15-10-16(11-32-23(15)37-14-24(25,26)27)12-34-13-17-18(33-34)5-7-29-20(17)22(36)31-9-8-30-21(35)19-4-2-3-6-28-19/h2-7,10-11,13H,8-9,12,14H2,1H3,(H,30,35)(H,31,36). The number of rotatable bonds is 9. The first-order valence-corrected chi connectivity index (χ1v) is 11.1. The van der Waals surface area contributed by atoms with Crippen molar-refractivity contribution >= 4 is 22.7 Å². The number of aromatic nitrogens is 5. The summed E-state index contributed by atoms with van der Waals surface area (Å²) < 4.78 is 43.5. The Kier molecular flexibility index (Phi) is 7.60. The highest BCUT2D eigenvalue weighted by Crippen LogP contribution is 2.21. The van der Waals surface area contributed by atoms with Gasteiger partial charge >= 0.3 is 6.18 Å². The monoisotopic (exact) mass is 513 g/mol. The van der Waals surface area contributed by atoms with Gasteiger partial charge in [0.05, 0.1) is 17.4 Å². The molecule has 0 aliphatic heterocycles. The van der Waals surface area contributed by atoms with Crippen LogP contribution in [-0.2, 0) is 6.54 Å². The summed E-state index contributed by atoms with van der Waals surface area (Å²) in [5.41, 5.74) is 2.13. The fraction of sp³-hybridized carbons (Fsp3) is 0.250. The van der Waals surface area contributed by atoms with Crippen LogP contribution in [0.4, 0.5) is 13.2 Å². The number of pyridine rings is 3. The molecule has 2 N–H and O–H groups in total. The number of hydrogen-bond acceptors (Lipinski definition) is 7. The van der Waals surface area contributed by atoms with E-state index in [4.69, 9.17) is 4.74 Å². The first-order valence-electron chi connectivity index (χ1n) is 11.1. The third-order valence-corrected chi connectivity index (χ3v) is 5.09. The average molecular weight is 513 g/mol. The summed E-state index contributed by atoms with van der Waals surface area (Å²) in [6.45, 7) is 0.831. The summed E-state index contributed by atoms with van der Waals surface area (Å²) in [5, 5.41) is 10.4. The van der Waals surface area contributed by atoms with Crippen LogP contribution in [-0.4, -0.2) is 62.4 Å². The second-order valence-corrected chi connectivity index (χ2v) is 8.02. The van der Waals surface area contributed by atoms with E-state index in [0.29, 0.717) is 22.0 Å². The third kappa shape index (κ3) is 6.78. The highest BCUT2D eigenvalue weighted by Gasteiger charge is 2.29. The van der Waals surface area contributed by atoms with Crippen LogP contribution in [0.3, 0.4) is 0 Å². The lowest BCUT2D eigenvalue weighted by molar-refractivity contribution is -0.154. The molecule has 0 atom stereocenters. The van der Waals surface area contributed by atoms with E-state index in [1.807, 2.05) is 0 Å². The van der Waals surface area contributed by atoms with E-state index in [-0.39, 0.29) is 42.8 Å². The summed E-state index contributed by atoms with van der Waals surface area (Å²) >= 11 is 0. The van der Waals surface area contributed by atoms with E-state index in [9.17, 15) is 22.8 Å². The molecule has 192 valence electrons. The fourth-order valence-corrected chi connectivity index (χ4v) is 3.47. The number of halogens is 3. The SMILES string of the molecule is Cc1cc(Cn2cc3c(C(=O)NCCNC(=O)c4ccccn4)nccc3n2)cnc1OCC(F)(F)F. The van der Waals surface area contributed by atoms with Gasteiger partial charge in [0, 0.05) is 43.4 Å². The topological polar surface area (TPSA) is 124 Å². The number of fused-ring (bicyclic) bond motifs is 1. The van der Waals surface area contributed by atoms with Gasteiger partial charge in [-0.05, 0) is 36.8 Å². The van der Waals surface area contributed by atoms with Crippen molar-refractivity contribution in [3.63, 3.8) is 0 Å². The van der Waals surface area contributed by atoms with Crippen LogP contribution in [0.1, 0.15) is 32.1 Å². The Morgan fingerprint density at radius 1 is 1.03 bits per heavy atom. The molecule has 13 heteroatoms. The quantitative estimate of drug-likeness (QED) is 0.330. The maximum atomic E-state index is 12.7. The first-order chi connectivity index (χ1) is 17.7. The third-order valence-electron chi connectivity index (χ3n) is 5.09. The van der Waals surface area contributed by atoms with Gasteiger partial charge in [0.25, 0.3) is 11.8 Å². The van der Waals surface area contributed by atoms with Gasteiger partial charge in [-0.2, -0.15) is 18.3 Å². The zero-order chi connectivity index (χ0) is 26.4. The highest BCUT2D eigenvalue weighted by atomic mass is 19.4. The van der Waals surface area contributed by atoms with Crippen LogP contribution in [0.25, 0.3) is 10.9 Å². The highest BCUT2D eigenvalue weighted by molar-refractivity contribution is 6.04. The summed E-state index contributed by atoms with van der Waals surface area (Å²) in [6, 6.07) is 8.32. The lowest BCUT2D eigenvalue weighted by Gasteiger charge is -2.11. The molecule has 0 radical (unpaired) electrons. The molecule has 37 heavy (non-hydrogen) atoms. The molecule has 4 heterocycles. The average Bonchev–Trinajstić information content (AvgIpc) is 3.28. The summed E-state index contributed by atoms with van der Waals surface area (Å²) in [4.78, 5) is 36.9. The van der Waals surface area contributed by atoms with Crippen LogP contribution in [0, 0.1) is 6.92 Å². The number of hydrogen-bond donors (Lipinski definition) is 2. The number of nitrogens with zero attached hydrogens (tertiary/aromatic N) is 5. The van der Waals surface area contributed by atoms with E-state index >= 15 is 0 Å². The second-order valence-electron chi connectivity index (χ2n) is 8.02. The van der Waals surface area contributed by atoms with E-state index in [1.54, 1.807) is 48.1 Å². The van der Waals surface area contributed by atoms with Gasteiger partial charge in [-0.25, -0.2) is 4.98 Å². The predicted molar refractivity (Wildman–Crippen MR) is 126 cm³/mol. The molecule has 0 unspecified atom stereocenters.